The molecular weight excluding hydrogens is 348 g/mol. The van der Waals surface area contributed by atoms with Crippen LogP contribution in [0.25, 0.3) is 10.8 Å². The van der Waals surface area contributed by atoms with E-state index in [1.807, 2.05) is 31.2 Å². The summed E-state index contributed by atoms with van der Waals surface area (Å²) >= 11 is 1.33. The number of amides is 1. The minimum atomic E-state index is -0.0589. The number of para-hydroxylation sites is 2. The summed E-state index contributed by atoms with van der Waals surface area (Å²) in [7, 11) is 0. The lowest BCUT2D eigenvalue weighted by Gasteiger charge is -2.34. The van der Waals surface area contributed by atoms with E-state index in [9.17, 15) is 4.79 Å². The lowest BCUT2D eigenvalue weighted by Crippen LogP contribution is -2.43. The fraction of sp³-hybridized carbons (Fsp3) is 0.263. The summed E-state index contributed by atoms with van der Waals surface area (Å²) in [5.74, 6) is 1.22. The van der Waals surface area contributed by atoms with Crippen molar-refractivity contribution in [2.24, 2.45) is 0 Å². The molecule has 0 radical (unpaired) electrons. The number of anilines is 1. The summed E-state index contributed by atoms with van der Waals surface area (Å²) in [5.41, 5.74) is 1.49. The number of ether oxygens (including phenoxy) is 1. The molecule has 0 fully saturated rings. The van der Waals surface area contributed by atoms with Crippen LogP contribution in [0.3, 0.4) is 0 Å². The number of aryl methyl sites for hydroxylation is 1. The molecule has 132 valence electrons. The lowest BCUT2D eigenvalue weighted by molar-refractivity contribution is 0.0957. The van der Waals surface area contributed by atoms with Crippen LogP contribution in [0.4, 0.5) is 5.69 Å². The molecule has 0 unspecified atom stereocenters. The molecule has 1 atom stereocenters. The van der Waals surface area contributed by atoms with Crippen molar-refractivity contribution in [2.45, 2.75) is 26.4 Å². The van der Waals surface area contributed by atoms with Gasteiger partial charge in [-0.3, -0.25) is 4.79 Å². The molecule has 26 heavy (non-hydrogen) atoms. The molecule has 0 saturated heterocycles. The second kappa shape index (κ2) is 6.84. The van der Waals surface area contributed by atoms with Crippen LogP contribution < -0.4 is 9.64 Å². The number of thiazole rings is 1. The largest absolute Gasteiger partial charge is 0.486 e. The molecule has 6 nitrogen and oxygen atoms in total. The smallest absolute Gasteiger partial charge is 0.270 e. The Morgan fingerprint density at radius 1 is 1.27 bits per heavy atom. The van der Waals surface area contributed by atoms with Gasteiger partial charge in [0.1, 0.15) is 16.7 Å². The molecule has 1 aromatic carbocycles. The van der Waals surface area contributed by atoms with Gasteiger partial charge in [-0.1, -0.05) is 19.1 Å². The standard InChI is InChI=1S/C19H18N4O2S/c1-3-13-11-23(14-7-4-5-8-15(14)25-13)19(24)16-12(2)22-18(26-16)17-20-9-6-10-21-17/h4-10,13H,3,11H2,1-2H3/t13-/m1/s1. The lowest BCUT2D eigenvalue weighted by atomic mass is 10.1. The van der Waals surface area contributed by atoms with Crippen molar-refractivity contribution < 1.29 is 9.53 Å². The van der Waals surface area contributed by atoms with E-state index in [1.165, 1.54) is 11.3 Å². The Labute approximate surface area is 155 Å². The molecule has 1 aliphatic heterocycles. The zero-order chi connectivity index (χ0) is 18.1. The maximum absolute atomic E-state index is 13.3. The first-order chi connectivity index (χ1) is 12.7. The van der Waals surface area contributed by atoms with Crippen LogP contribution in [-0.2, 0) is 0 Å². The number of nitrogens with zero attached hydrogens (tertiary/aromatic N) is 4. The van der Waals surface area contributed by atoms with E-state index < -0.39 is 0 Å². The number of rotatable bonds is 3. The van der Waals surface area contributed by atoms with Gasteiger partial charge in [0.05, 0.1) is 17.9 Å². The predicted molar refractivity (Wildman–Crippen MR) is 101 cm³/mol. The second-order valence-electron chi connectivity index (χ2n) is 6.04. The van der Waals surface area contributed by atoms with Crippen molar-refractivity contribution in [3.63, 3.8) is 0 Å². The maximum atomic E-state index is 13.3. The number of carbonyl (C=O) groups excluding carboxylic acids is 1. The summed E-state index contributed by atoms with van der Waals surface area (Å²) in [6, 6.07) is 9.41. The van der Waals surface area contributed by atoms with Gasteiger partial charge in [-0.2, -0.15) is 0 Å². The molecule has 0 bridgehead atoms. The van der Waals surface area contributed by atoms with Crippen molar-refractivity contribution in [3.8, 4) is 16.6 Å². The molecular formula is C19H18N4O2S. The molecule has 4 rings (SSSR count). The van der Waals surface area contributed by atoms with Crippen molar-refractivity contribution in [2.75, 3.05) is 11.4 Å². The van der Waals surface area contributed by atoms with Gasteiger partial charge in [-0.05, 0) is 31.5 Å². The predicted octanol–water partition coefficient (Wildman–Crippen LogP) is 3.73. The van der Waals surface area contributed by atoms with Gasteiger partial charge < -0.3 is 9.64 Å². The van der Waals surface area contributed by atoms with E-state index in [1.54, 1.807) is 23.4 Å². The highest BCUT2D eigenvalue weighted by molar-refractivity contribution is 7.17. The van der Waals surface area contributed by atoms with Crippen LogP contribution in [0.2, 0.25) is 0 Å². The van der Waals surface area contributed by atoms with Gasteiger partial charge in [0.2, 0.25) is 0 Å². The van der Waals surface area contributed by atoms with Crippen LogP contribution in [-0.4, -0.2) is 33.5 Å². The monoisotopic (exact) mass is 366 g/mol. The Balaban J connectivity index is 1.71. The third-order valence-corrected chi connectivity index (χ3v) is 5.43. The van der Waals surface area contributed by atoms with E-state index in [-0.39, 0.29) is 12.0 Å². The summed E-state index contributed by atoms with van der Waals surface area (Å²) < 4.78 is 5.98. The molecule has 2 aromatic heterocycles. The van der Waals surface area contributed by atoms with E-state index >= 15 is 0 Å². The Morgan fingerprint density at radius 2 is 2.04 bits per heavy atom. The molecule has 1 amide bonds. The number of benzene rings is 1. The first kappa shape index (κ1) is 16.7. The van der Waals surface area contributed by atoms with Crippen molar-refractivity contribution in [3.05, 3.63) is 53.3 Å². The Kier molecular flexibility index (Phi) is 4.38. The van der Waals surface area contributed by atoms with Gasteiger partial charge in [-0.25, -0.2) is 15.0 Å². The number of aromatic nitrogens is 3. The minimum Gasteiger partial charge on any atom is -0.486 e. The molecule has 0 saturated carbocycles. The molecule has 1 aliphatic rings. The number of carbonyl (C=O) groups is 1. The molecule has 0 N–H and O–H groups in total. The topological polar surface area (TPSA) is 68.2 Å². The van der Waals surface area contributed by atoms with Gasteiger partial charge in [0.15, 0.2) is 10.8 Å². The third-order valence-electron chi connectivity index (χ3n) is 4.28. The van der Waals surface area contributed by atoms with Crippen LogP contribution in [0.1, 0.15) is 28.7 Å². The molecule has 0 aliphatic carbocycles. The van der Waals surface area contributed by atoms with Gasteiger partial charge >= 0.3 is 0 Å². The van der Waals surface area contributed by atoms with Crippen LogP contribution >= 0.6 is 11.3 Å². The number of hydrogen-bond acceptors (Lipinski definition) is 6. The highest BCUT2D eigenvalue weighted by atomic mass is 32.1. The molecule has 3 heterocycles. The zero-order valence-electron chi connectivity index (χ0n) is 14.5. The van der Waals surface area contributed by atoms with Crippen molar-refractivity contribution in [1.29, 1.82) is 0 Å². The highest BCUT2D eigenvalue weighted by Crippen LogP contribution is 2.36. The fourth-order valence-electron chi connectivity index (χ4n) is 2.93. The van der Waals surface area contributed by atoms with Crippen molar-refractivity contribution in [1.82, 2.24) is 15.0 Å². The average Bonchev–Trinajstić information content (AvgIpc) is 3.09. The van der Waals surface area contributed by atoms with E-state index in [4.69, 9.17) is 4.74 Å². The average molecular weight is 366 g/mol. The van der Waals surface area contributed by atoms with Crippen LogP contribution in [0.15, 0.2) is 42.7 Å². The SMILES string of the molecule is CC[C@@H]1CN(C(=O)c2sc(-c3ncccn3)nc2C)c2ccccc2O1. The Bertz CT molecular complexity index is 942. The number of hydrogen-bond donors (Lipinski definition) is 0. The Hall–Kier alpha value is -2.80. The zero-order valence-corrected chi connectivity index (χ0v) is 15.4. The van der Waals surface area contributed by atoms with Crippen LogP contribution in [0.5, 0.6) is 5.75 Å². The molecule has 3 aromatic rings. The summed E-state index contributed by atoms with van der Waals surface area (Å²) in [4.78, 5) is 28.7. The highest BCUT2D eigenvalue weighted by Gasteiger charge is 2.31. The maximum Gasteiger partial charge on any atom is 0.270 e. The van der Waals surface area contributed by atoms with Crippen molar-refractivity contribution >= 4 is 22.9 Å². The minimum absolute atomic E-state index is 0.0148. The summed E-state index contributed by atoms with van der Waals surface area (Å²) in [5, 5.41) is 0.653. The van der Waals surface area contributed by atoms with E-state index in [2.05, 4.69) is 21.9 Å². The first-order valence-electron chi connectivity index (χ1n) is 8.49. The summed E-state index contributed by atoms with van der Waals surface area (Å²) in [6.07, 6.45) is 4.16. The normalized spacial score (nSPS) is 16.1. The van der Waals surface area contributed by atoms with Gasteiger partial charge in [-0.15, -0.1) is 11.3 Å². The van der Waals surface area contributed by atoms with E-state index in [0.29, 0.717) is 27.9 Å². The van der Waals surface area contributed by atoms with Gasteiger partial charge in [0.25, 0.3) is 5.91 Å². The van der Waals surface area contributed by atoms with Gasteiger partial charge in [0, 0.05) is 12.4 Å². The second-order valence-corrected chi connectivity index (χ2v) is 7.04. The quantitative estimate of drug-likeness (QED) is 0.706. The number of fused-ring (bicyclic) bond motifs is 1. The molecule has 7 heteroatoms. The molecule has 0 spiro atoms. The van der Waals surface area contributed by atoms with E-state index in [0.717, 1.165) is 17.9 Å². The first-order valence-corrected chi connectivity index (χ1v) is 9.31. The van der Waals surface area contributed by atoms with Crippen LogP contribution in [0, 0.1) is 6.92 Å². The Morgan fingerprint density at radius 3 is 2.81 bits per heavy atom. The fourth-order valence-corrected chi connectivity index (χ4v) is 3.89. The summed E-state index contributed by atoms with van der Waals surface area (Å²) in [6.45, 7) is 4.44. The third kappa shape index (κ3) is 2.94.